The molecule has 1 N–H and O–H groups in total. The second-order valence-corrected chi connectivity index (χ2v) is 4.42. The van der Waals surface area contributed by atoms with E-state index < -0.39 is 5.97 Å². The van der Waals surface area contributed by atoms with Crippen molar-refractivity contribution in [3.8, 4) is 0 Å². The van der Waals surface area contributed by atoms with Gasteiger partial charge in [0.05, 0.1) is 10.3 Å². The van der Waals surface area contributed by atoms with Crippen molar-refractivity contribution in [1.82, 2.24) is 0 Å². The van der Waals surface area contributed by atoms with Crippen LogP contribution in [0.5, 0.6) is 0 Å². The molecule has 1 aromatic heterocycles. The summed E-state index contributed by atoms with van der Waals surface area (Å²) in [4.78, 5) is 10.9. The van der Waals surface area contributed by atoms with Gasteiger partial charge in [-0.3, -0.25) is 0 Å². The summed E-state index contributed by atoms with van der Waals surface area (Å²) in [6.45, 7) is 0. The van der Waals surface area contributed by atoms with Crippen LogP contribution < -0.4 is 0 Å². The summed E-state index contributed by atoms with van der Waals surface area (Å²) >= 11 is 4.23. The summed E-state index contributed by atoms with van der Waals surface area (Å²) in [6.07, 6.45) is 0. The number of rotatable bonds is 1. The van der Waals surface area contributed by atoms with Gasteiger partial charge in [0.15, 0.2) is 0 Å². The van der Waals surface area contributed by atoms with E-state index in [1.54, 1.807) is 12.1 Å². The number of hydrogen-bond donors (Lipinski definition) is 1. The van der Waals surface area contributed by atoms with Gasteiger partial charge in [-0.05, 0) is 28.1 Å². The van der Waals surface area contributed by atoms with Crippen LogP contribution in [-0.2, 0) is 0 Å². The lowest BCUT2D eigenvalue weighted by molar-refractivity contribution is 0.0698. The van der Waals surface area contributed by atoms with Crippen molar-refractivity contribution >= 4 is 43.3 Å². The molecule has 2 rings (SSSR count). The first kappa shape index (κ1) is 9.61. The molecule has 2 nitrogen and oxygen atoms in total. The largest absolute Gasteiger partial charge is 0.478 e. The van der Waals surface area contributed by atoms with Crippen LogP contribution in [-0.4, -0.2) is 11.1 Å². The maximum absolute atomic E-state index is 13.1. The lowest BCUT2D eigenvalue weighted by Crippen LogP contribution is -1.97. The van der Waals surface area contributed by atoms with Crippen LogP contribution in [0.25, 0.3) is 10.1 Å². The first-order chi connectivity index (χ1) is 6.61. The fraction of sp³-hybridized carbons (Fsp3) is 0. The molecular weight excluding hydrogens is 271 g/mol. The van der Waals surface area contributed by atoms with Gasteiger partial charge in [-0.2, -0.15) is 0 Å². The zero-order valence-electron chi connectivity index (χ0n) is 6.75. The molecule has 1 aromatic carbocycles. The van der Waals surface area contributed by atoms with Crippen LogP contribution in [0.4, 0.5) is 4.39 Å². The molecule has 0 aliphatic heterocycles. The third-order valence-corrected chi connectivity index (χ3v) is 3.50. The number of aromatic carboxylic acids is 1. The van der Waals surface area contributed by atoms with Crippen molar-refractivity contribution in [2.24, 2.45) is 0 Å². The second kappa shape index (κ2) is 3.33. The maximum atomic E-state index is 13.1. The van der Waals surface area contributed by atoms with Gasteiger partial charge < -0.3 is 5.11 Å². The molecule has 0 aliphatic carbocycles. The molecule has 0 atom stereocenters. The van der Waals surface area contributed by atoms with Crippen LogP contribution in [0.3, 0.4) is 0 Å². The molecule has 72 valence electrons. The minimum absolute atomic E-state index is 0.122. The van der Waals surface area contributed by atoms with Gasteiger partial charge in [0.2, 0.25) is 0 Å². The number of carbonyl (C=O) groups is 1. The zero-order valence-corrected chi connectivity index (χ0v) is 9.15. The van der Waals surface area contributed by atoms with E-state index in [2.05, 4.69) is 15.9 Å². The van der Waals surface area contributed by atoms with Crippen molar-refractivity contribution < 1.29 is 14.3 Å². The second-order valence-electron chi connectivity index (χ2n) is 2.69. The van der Waals surface area contributed by atoms with Crippen molar-refractivity contribution in [2.45, 2.75) is 0 Å². The van der Waals surface area contributed by atoms with E-state index in [1.165, 1.54) is 5.38 Å². The quantitative estimate of drug-likeness (QED) is 0.864. The molecule has 0 bridgehead atoms. The molecule has 0 saturated heterocycles. The number of fused-ring (bicyclic) bond motifs is 1. The average molecular weight is 275 g/mol. The van der Waals surface area contributed by atoms with Gasteiger partial charge >= 0.3 is 5.97 Å². The molecule has 1 heterocycles. The molecule has 0 unspecified atom stereocenters. The van der Waals surface area contributed by atoms with Gasteiger partial charge in [0.25, 0.3) is 0 Å². The molecule has 0 radical (unpaired) electrons. The molecule has 0 fully saturated rings. The van der Waals surface area contributed by atoms with E-state index >= 15 is 0 Å². The predicted molar refractivity (Wildman–Crippen MR) is 56.4 cm³/mol. The Kier molecular flexibility index (Phi) is 2.28. The first-order valence-corrected chi connectivity index (χ1v) is 5.37. The van der Waals surface area contributed by atoms with E-state index in [-0.39, 0.29) is 11.4 Å². The lowest BCUT2D eigenvalue weighted by atomic mass is 10.1. The van der Waals surface area contributed by atoms with Gasteiger partial charge in [-0.25, -0.2) is 9.18 Å². The smallest absolute Gasteiger partial charge is 0.338 e. The lowest BCUT2D eigenvalue weighted by Gasteiger charge is -1.99. The molecule has 0 aliphatic rings. The number of halogens is 2. The first-order valence-electron chi connectivity index (χ1n) is 3.69. The fourth-order valence-corrected chi connectivity index (χ4v) is 2.83. The Balaban J connectivity index is 2.90. The van der Waals surface area contributed by atoms with Crippen LogP contribution in [0.2, 0.25) is 0 Å². The third-order valence-electron chi connectivity index (χ3n) is 1.86. The summed E-state index contributed by atoms with van der Waals surface area (Å²) in [6, 6.07) is 3.11. The predicted octanol–water partition coefficient (Wildman–Crippen LogP) is 3.50. The highest BCUT2D eigenvalue weighted by atomic mass is 79.9. The highest BCUT2D eigenvalue weighted by Crippen LogP contribution is 2.32. The van der Waals surface area contributed by atoms with Crippen LogP contribution in [0.1, 0.15) is 10.4 Å². The highest BCUT2D eigenvalue weighted by Gasteiger charge is 2.16. The Morgan fingerprint density at radius 3 is 2.86 bits per heavy atom. The van der Waals surface area contributed by atoms with Gasteiger partial charge in [-0.1, -0.05) is 0 Å². The van der Waals surface area contributed by atoms with Crippen molar-refractivity contribution in [3.05, 3.63) is 33.4 Å². The van der Waals surface area contributed by atoms with E-state index in [4.69, 9.17) is 5.11 Å². The number of thiophene rings is 1. The molecular formula is C9H4BrFO2S. The van der Waals surface area contributed by atoms with Crippen LogP contribution in [0.15, 0.2) is 22.0 Å². The zero-order chi connectivity index (χ0) is 10.3. The minimum Gasteiger partial charge on any atom is -0.478 e. The Morgan fingerprint density at radius 2 is 2.21 bits per heavy atom. The standard InChI is InChI=1S/C9H4BrFO2S/c10-5-2-1-4-6(11)3-14-8(4)7(5)9(12)13/h1-3H,(H,12,13). The van der Waals surface area contributed by atoms with Crippen molar-refractivity contribution in [3.63, 3.8) is 0 Å². The number of benzene rings is 1. The normalized spacial score (nSPS) is 10.7. The van der Waals surface area contributed by atoms with E-state index in [0.717, 1.165) is 11.3 Å². The van der Waals surface area contributed by atoms with Crippen molar-refractivity contribution in [1.29, 1.82) is 0 Å². The monoisotopic (exact) mass is 274 g/mol. The molecule has 14 heavy (non-hydrogen) atoms. The maximum Gasteiger partial charge on any atom is 0.338 e. The highest BCUT2D eigenvalue weighted by molar-refractivity contribution is 9.10. The number of carboxylic acids is 1. The van der Waals surface area contributed by atoms with Gasteiger partial charge in [0.1, 0.15) is 5.82 Å². The summed E-state index contributed by atoms with van der Waals surface area (Å²) in [5, 5.41) is 10.6. The Bertz CT molecular complexity index is 521. The third kappa shape index (κ3) is 1.33. The van der Waals surface area contributed by atoms with Gasteiger partial charge in [-0.15, -0.1) is 11.3 Å². The van der Waals surface area contributed by atoms with Gasteiger partial charge in [0, 0.05) is 15.2 Å². The minimum atomic E-state index is -1.05. The summed E-state index contributed by atoms with van der Waals surface area (Å²) < 4.78 is 14.1. The summed E-state index contributed by atoms with van der Waals surface area (Å²) in [7, 11) is 0. The molecule has 0 amide bonds. The molecule has 0 spiro atoms. The topological polar surface area (TPSA) is 37.3 Å². The summed E-state index contributed by atoms with van der Waals surface area (Å²) in [5.74, 6) is -1.43. The number of hydrogen-bond acceptors (Lipinski definition) is 2. The Labute approximate surface area is 91.1 Å². The van der Waals surface area contributed by atoms with E-state index in [9.17, 15) is 9.18 Å². The number of carboxylic acid groups (broad SMARTS) is 1. The molecule has 2 aromatic rings. The van der Waals surface area contributed by atoms with Crippen LogP contribution >= 0.6 is 27.3 Å². The Hall–Kier alpha value is -0.940. The van der Waals surface area contributed by atoms with Crippen LogP contribution in [0, 0.1) is 5.82 Å². The van der Waals surface area contributed by atoms with Crippen molar-refractivity contribution in [2.75, 3.05) is 0 Å². The molecule has 5 heteroatoms. The molecule has 0 saturated carbocycles. The Morgan fingerprint density at radius 1 is 1.50 bits per heavy atom. The van der Waals surface area contributed by atoms with E-state index in [1.807, 2.05) is 0 Å². The fourth-order valence-electron chi connectivity index (χ4n) is 1.24. The SMILES string of the molecule is O=C(O)c1c(Br)ccc2c(F)csc12. The summed E-state index contributed by atoms with van der Waals surface area (Å²) in [5.41, 5.74) is 0.122. The average Bonchev–Trinajstić information content (AvgIpc) is 2.47. The van der Waals surface area contributed by atoms with E-state index in [0.29, 0.717) is 14.6 Å².